The fourth-order valence-electron chi connectivity index (χ4n) is 7.00. The smallest absolute Gasteiger partial charge is 0.306 e. The fraction of sp³-hybridized carbons (Fsp3) is 0.880. The van der Waals surface area contributed by atoms with Crippen LogP contribution in [0.5, 0.6) is 0 Å². The summed E-state index contributed by atoms with van der Waals surface area (Å²) in [4.78, 5) is 37.7. The summed E-state index contributed by atoms with van der Waals surface area (Å²) in [5.74, 6) is -0.832. The van der Waals surface area contributed by atoms with Gasteiger partial charge >= 0.3 is 11.9 Å². The molecule has 0 aromatic carbocycles. The van der Waals surface area contributed by atoms with Gasteiger partial charge in [-0.05, 0) is 64.2 Å². The topological polar surface area (TPSA) is 111 Å². The van der Waals surface area contributed by atoms with Crippen LogP contribution in [-0.2, 0) is 32.7 Å². The summed E-state index contributed by atoms with van der Waals surface area (Å²) >= 11 is 0. The first kappa shape index (κ1) is 58.5. The molecule has 0 saturated heterocycles. The van der Waals surface area contributed by atoms with Crippen molar-refractivity contribution in [2.45, 2.75) is 238 Å². The fourth-order valence-corrected chi connectivity index (χ4v) is 7.73. The van der Waals surface area contributed by atoms with E-state index in [1.807, 2.05) is 21.1 Å². The van der Waals surface area contributed by atoms with Crippen molar-refractivity contribution >= 4 is 19.8 Å². The molecule has 0 heterocycles. The lowest BCUT2D eigenvalue weighted by molar-refractivity contribution is -0.870. The summed E-state index contributed by atoms with van der Waals surface area (Å²) < 4.78 is 34.0. The van der Waals surface area contributed by atoms with Gasteiger partial charge in [-0.1, -0.05) is 179 Å². The molecule has 0 bridgehead atoms. The van der Waals surface area contributed by atoms with Crippen molar-refractivity contribution in [3.05, 3.63) is 24.3 Å². The molecule has 0 aliphatic heterocycles. The molecule has 0 aromatic heterocycles. The van der Waals surface area contributed by atoms with Crippen LogP contribution < -0.4 is 4.89 Å². The van der Waals surface area contributed by atoms with E-state index < -0.39 is 26.5 Å². The maximum absolute atomic E-state index is 12.7. The van der Waals surface area contributed by atoms with E-state index in [1.165, 1.54) is 148 Å². The second-order valence-electron chi connectivity index (χ2n) is 18.2. The Morgan fingerprint density at radius 1 is 0.500 bits per heavy atom. The highest BCUT2D eigenvalue weighted by Crippen LogP contribution is 2.38. The Bertz CT molecular complexity index is 1070. The van der Waals surface area contributed by atoms with Crippen LogP contribution in [0.2, 0.25) is 0 Å². The molecule has 0 aliphatic carbocycles. The number of phosphoric acid groups is 1. The standard InChI is InChI=1S/C50H96NO8P/c1-6-8-10-12-14-16-18-20-22-23-24-25-26-27-29-31-33-35-37-39-41-43-50(53)59-48(47-58-60(54,55)57-45-44-51(3,4)5)46-56-49(52)42-40-38-36-34-32-30-28-21-19-17-15-13-11-9-7-2/h17,19-20,22,48H,6-16,18,21,23-47H2,1-5H3/b19-17-,22-20-/t48-/m1/s1. The predicted molar refractivity (Wildman–Crippen MR) is 250 cm³/mol. The van der Waals surface area contributed by atoms with Crippen LogP contribution >= 0.6 is 7.82 Å². The summed E-state index contributed by atoms with van der Waals surface area (Å²) in [7, 11) is 1.17. The SMILES string of the molecule is CCCCCC/C=C\CCCCCCCCCC(=O)OC[C@H](COP(=O)([O-])OCC[N+](C)(C)C)OC(=O)CCCCCCCCCCCCC/C=C\CCCCCCCC. The van der Waals surface area contributed by atoms with Crippen LogP contribution in [0.15, 0.2) is 24.3 Å². The summed E-state index contributed by atoms with van der Waals surface area (Å²) in [6.07, 6.45) is 47.7. The number of unbranched alkanes of at least 4 members (excludes halogenated alkanes) is 28. The van der Waals surface area contributed by atoms with Gasteiger partial charge in [-0.25, -0.2) is 0 Å². The van der Waals surface area contributed by atoms with Crippen molar-refractivity contribution in [1.82, 2.24) is 0 Å². The second kappa shape index (κ2) is 42.8. The number of phosphoric ester groups is 1. The molecule has 0 aromatic rings. The summed E-state index contributed by atoms with van der Waals surface area (Å²) in [5, 5.41) is 0. The van der Waals surface area contributed by atoms with E-state index in [2.05, 4.69) is 38.2 Å². The number of likely N-dealkylation sites (N-methyl/N-ethyl adjacent to an activating group) is 1. The molecule has 0 spiro atoms. The predicted octanol–water partition coefficient (Wildman–Crippen LogP) is 14.1. The van der Waals surface area contributed by atoms with Gasteiger partial charge in [0.15, 0.2) is 6.10 Å². The Morgan fingerprint density at radius 3 is 1.25 bits per heavy atom. The van der Waals surface area contributed by atoms with Crippen molar-refractivity contribution in [3.8, 4) is 0 Å². The lowest BCUT2D eigenvalue weighted by atomic mass is 10.0. The minimum atomic E-state index is -4.63. The third kappa shape index (κ3) is 46.0. The first-order valence-corrected chi connectivity index (χ1v) is 26.5. The number of esters is 2. The van der Waals surface area contributed by atoms with Crippen LogP contribution in [0.1, 0.15) is 232 Å². The molecule has 0 saturated carbocycles. The van der Waals surface area contributed by atoms with Gasteiger partial charge in [-0.15, -0.1) is 0 Å². The van der Waals surface area contributed by atoms with Crippen LogP contribution in [0.3, 0.4) is 0 Å². The number of carbonyl (C=O) groups is 2. The molecular formula is C50H96NO8P. The van der Waals surface area contributed by atoms with E-state index in [9.17, 15) is 19.0 Å². The Labute approximate surface area is 370 Å². The van der Waals surface area contributed by atoms with E-state index in [0.29, 0.717) is 17.4 Å². The lowest BCUT2D eigenvalue weighted by Gasteiger charge is -2.28. The largest absolute Gasteiger partial charge is 0.756 e. The average Bonchev–Trinajstić information content (AvgIpc) is 3.20. The van der Waals surface area contributed by atoms with Crippen LogP contribution in [0, 0.1) is 0 Å². The molecule has 2 atom stereocenters. The van der Waals surface area contributed by atoms with Gasteiger partial charge in [0.05, 0.1) is 27.7 Å². The van der Waals surface area contributed by atoms with Crippen LogP contribution in [0.4, 0.5) is 0 Å². The highest BCUT2D eigenvalue weighted by atomic mass is 31.2. The Hall–Kier alpha value is -1.51. The van der Waals surface area contributed by atoms with Crippen molar-refractivity contribution in [2.24, 2.45) is 0 Å². The second-order valence-corrected chi connectivity index (χ2v) is 19.6. The molecular weight excluding hydrogens is 774 g/mol. The van der Waals surface area contributed by atoms with Gasteiger partial charge in [-0.3, -0.25) is 14.2 Å². The van der Waals surface area contributed by atoms with Crippen LogP contribution in [0.25, 0.3) is 0 Å². The van der Waals surface area contributed by atoms with E-state index in [-0.39, 0.29) is 32.0 Å². The lowest BCUT2D eigenvalue weighted by Crippen LogP contribution is -2.37. The highest BCUT2D eigenvalue weighted by Gasteiger charge is 2.21. The van der Waals surface area contributed by atoms with Crippen molar-refractivity contribution in [2.75, 3.05) is 47.5 Å². The zero-order valence-electron chi connectivity index (χ0n) is 39.9. The summed E-state index contributed by atoms with van der Waals surface area (Å²) in [5.41, 5.74) is 0. The van der Waals surface area contributed by atoms with Crippen LogP contribution in [-0.4, -0.2) is 70.0 Å². The molecule has 1 unspecified atom stereocenters. The minimum absolute atomic E-state index is 0.0300. The third-order valence-corrected chi connectivity index (χ3v) is 11.9. The Kier molecular flexibility index (Phi) is 41.7. The number of nitrogens with zero attached hydrogens (tertiary/aromatic N) is 1. The number of allylic oxidation sites excluding steroid dienone is 4. The van der Waals surface area contributed by atoms with Gasteiger partial charge < -0.3 is 27.9 Å². The molecule has 0 rings (SSSR count). The van der Waals surface area contributed by atoms with Gasteiger partial charge in [0.2, 0.25) is 0 Å². The van der Waals surface area contributed by atoms with Gasteiger partial charge in [0.1, 0.15) is 19.8 Å². The summed E-state index contributed by atoms with van der Waals surface area (Å²) in [6, 6.07) is 0. The molecule has 9 nitrogen and oxygen atoms in total. The third-order valence-electron chi connectivity index (χ3n) is 10.9. The number of hydrogen-bond donors (Lipinski definition) is 0. The highest BCUT2D eigenvalue weighted by molar-refractivity contribution is 7.45. The molecule has 0 N–H and O–H groups in total. The van der Waals surface area contributed by atoms with E-state index >= 15 is 0 Å². The van der Waals surface area contributed by atoms with E-state index in [4.69, 9.17) is 18.5 Å². The zero-order chi connectivity index (χ0) is 44.3. The first-order valence-electron chi connectivity index (χ1n) is 25.0. The van der Waals surface area contributed by atoms with Gasteiger partial charge in [0, 0.05) is 12.8 Å². The molecule has 0 fully saturated rings. The average molecular weight is 870 g/mol. The molecule has 0 amide bonds. The number of ether oxygens (including phenoxy) is 2. The normalized spacial score (nSPS) is 13.6. The molecule has 0 aliphatic rings. The number of hydrogen-bond acceptors (Lipinski definition) is 8. The molecule has 0 radical (unpaired) electrons. The molecule has 60 heavy (non-hydrogen) atoms. The van der Waals surface area contributed by atoms with Crippen molar-refractivity contribution in [1.29, 1.82) is 0 Å². The van der Waals surface area contributed by atoms with Gasteiger partial charge in [0.25, 0.3) is 7.82 Å². The Morgan fingerprint density at radius 2 is 0.850 bits per heavy atom. The number of rotatable bonds is 46. The zero-order valence-corrected chi connectivity index (χ0v) is 40.8. The van der Waals surface area contributed by atoms with Crippen molar-refractivity contribution in [3.63, 3.8) is 0 Å². The molecule has 10 heteroatoms. The minimum Gasteiger partial charge on any atom is -0.756 e. The van der Waals surface area contributed by atoms with E-state index in [0.717, 1.165) is 51.4 Å². The quantitative estimate of drug-likeness (QED) is 0.0195. The van der Waals surface area contributed by atoms with Crippen molar-refractivity contribution < 1.29 is 42.1 Å². The number of quaternary nitrogens is 1. The monoisotopic (exact) mass is 870 g/mol. The maximum atomic E-state index is 12.7. The number of carbonyl (C=O) groups excluding carboxylic acids is 2. The molecule has 354 valence electrons. The first-order chi connectivity index (χ1) is 29.0. The van der Waals surface area contributed by atoms with Gasteiger partial charge in [-0.2, -0.15) is 0 Å². The van der Waals surface area contributed by atoms with E-state index in [1.54, 1.807) is 0 Å². The Balaban J connectivity index is 4.24. The summed E-state index contributed by atoms with van der Waals surface area (Å²) in [6.45, 7) is 4.24. The maximum Gasteiger partial charge on any atom is 0.306 e.